The van der Waals surface area contributed by atoms with Gasteiger partial charge in [-0.3, -0.25) is 0 Å². The van der Waals surface area contributed by atoms with E-state index in [0.29, 0.717) is 12.0 Å². The van der Waals surface area contributed by atoms with Crippen LogP contribution in [-0.4, -0.2) is 12.2 Å². The minimum atomic E-state index is -4.21. The molecule has 2 atom stereocenters. The predicted octanol–water partition coefficient (Wildman–Crippen LogP) is 4.49. The Balaban J connectivity index is 2.05. The molecule has 1 N–H and O–H groups in total. The largest absolute Gasteiger partial charge is 0.469 e. The molecular formula is C16H18F3NO. The summed E-state index contributed by atoms with van der Waals surface area (Å²) in [6.07, 6.45) is -2.99. The van der Waals surface area contributed by atoms with Gasteiger partial charge >= 0.3 is 6.18 Å². The Labute approximate surface area is 122 Å². The molecule has 2 nitrogen and oxygen atoms in total. The molecule has 2 aromatic rings. The van der Waals surface area contributed by atoms with Crippen LogP contribution in [0.25, 0.3) is 0 Å². The Morgan fingerprint density at radius 3 is 2.38 bits per heavy atom. The minimum Gasteiger partial charge on any atom is -0.469 e. The lowest BCUT2D eigenvalue weighted by atomic mass is 10.0. The van der Waals surface area contributed by atoms with Crippen molar-refractivity contribution in [3.05, 3.63) is 60.1 Å². The molecular weight excluding hydrogens is 279 g/mol. The molecule has 2 rings (SSSR count). The van der Waals surface area contributed by atoms with Gasteiger partial charge in [-0.25, -0.2) is 0 Å². The molecule has 0 saturated carbocycles. The molecule has 0 bridgehead atoms. The maximum Gasteiger partial charge on any atom is 0.390 e. The molecule has 1 aromatic carbocycles. The van der Waals surface area contributed by atoms with Crippen LogP contribution in [0.1, 0.15) is 30.7 Å². The van der Waals surface area contributed by atoms with Crippen molar-refractivity contribution in [2.45, 2.75) is 38.0 Å². The van der Waals surface area contributed by atoms with Gasteiger partial charge in [0.25, 0.3) is 0 Å². The minimum absolute atomic E-state index is 0.122. The highest BCUT2D eigenvalue weighted by atomic mass is 19.4. The van der Waals surface area contributed by atoms with E-state index in [4.69, 9.17) is 4.42 Å². The van der Waals surface area contributed by atoms with E-state index in [1.165, 1.54) is 0 Å². The van der Waals surface area contributed by atoms with Gasteiger partial charge in [-0.15, -0.1) is 0 Å². The summed E-state index contributed by atoms with van der Waals surface area (Å²) in [6, 6.07) is 11.4. The van der Waals surface area contributed by atoms with Crippen molar-refractivity contribution in [3.8, 4) is 0 Å². The van der Waals surface area contributed by atoms with Gasteiger partial charge in [0, 0.05) is 18.5 Å². The van der Waals surface area contributed by atoms with Crippen molar-refractivity contribution >= 4 is 0 Å². The van der Waals surface area contributed by atoms with Gasteiger partial charge in [0.2, 0.25) is 0 Å². The van der Waals surface area contributed by atoms with E-state index < -0.39 is 18.6 Å². The number of alkyl halides is 3. The van der Waals surface area contributed by atoms with Crippen molar-refractivity contribution in [2.24, 2.45) is 0 Å². The van der Waals surface area contributed by atoms with Crippen molar-refractivity contribution in [1.82, 2.24) is 5.32 Å². The number of rotatable bonds is 6. The summed E-state index contributed by atoms with van der Waals surface area (Å²) < 4.78 is 43.5. The van der Waals surface area contributed by atoms with Gasteiger partial charge in [0.05, 0.1) is 12.7 Å². The molecule has 5 heteroatoms. The summed E-state index contributed by atoms with van der Waals surface area (Å²) in [6.45, 7) is 1.86. The third kappa shape index (κ3) is 5.27. The number of halogens is 3. The first kappa shape index (κ1) is 15.6. The Morgan fingerprint density at radius 2 is 1.81 bits per heavy atom. The van der Waals surface area contributed by atoms with Gasteiger partial charge in [0.1, 0.15) is 5.76 Å². The second-order valence-corrected chi connectivity index (χ2v) is 5.13. The van der Waals surface area contributed by atoms with E-state index in [0.717, 1.165) is 5.76 Å². The summed E-state index contributed by atoms with van der Waals surface area (Å²) in [7, 11) is 0. The average Bonchev–Trinajstić information content (AvgIpc) is 2.90. The molecule has 0 saturated heterocycles. The van der Waals surface area contributed by atoms with Crippen molar-refractivity contribution in [2.75, 3.05) is 0 Å². The molecule has 0 spiro atoms. The van der Waals surface area contributed by atoms with Crippen LogP contribution in [0.2, 0.25) is 0 Å². The fraction of sp³-hybridized carbons (Fsp3) is 0.375. The molecule has 1 heterocycles. The SMILES string of the molecule is CC(Cc1ccco1)NC(CC(F)(F)F)c1ccccc1. The van der Waals surface area contributed by atoms with Crippen LogP contribution < -0.4 is 5.32 Å². The van der Waals surface area contributed by atoms with E-state index in [1.807, 2.05) is 13.0 Å². The monoisotopic (exact) mass is 297 g/mol. The van der Waals surface area contributed by atoms with E-state index >= 15 is 0 Å². The zero-order valence-electron chi connectivity index (χ0n) is 11.7. The van der Waals surface area contributed by atoms with Crippen LogP contribution in [0.3, 0.4) is 0 Å². The maximum atomic E-state index is 12.8. The normalized spacial score (nSPS) is 14.9. The third-order valence-electron chi connectivity index (χ3n) is 3.21. The van der Waals surface area contributed by atoms with Crippen LogP contribution in [0.15, 0.2) is 53.1 Å². The first-order valence-electron chi connectivity index (χ1n) is 6.84. The van der Waals surface area contributed by atoms with Crippen LogP contribution in [0, 0.1) is 0 Å². The summed E-state index contributed by atoms with van der Waals surface area (Å²) in [5.41, 5.74) is 0.640. The molecule has 0 aliphatic heterocycles. The standard InChI is InChI=1S/C16H18F3NO/c1-12(10-14-8-5-9-21-14)20-15(11-16(17,18)19)13-6-3-2-4-7-13/h2-9,12,15,20H,10-11H2,1H3. The van der Waals surface area contributed by atoms with Crippen LogP contribution in [0.4, 0.5) is 13.2 Å². The summed E-state index contributed by atoms with van der Waals surface area (Å²) >= 11 is 0. The van der Waals surface area contributed by atoms with Gasteiger partial charge < -0.3 is 9.73 Å². The number of hydrogen-bond acceptors (Lipinski definition) is 2. The zero-order chi connectivity index (χ0) is 15.3. The molecule has 0 aliphatic rings. The van der Waals surface area contributed by atoms with E-state index in [-0.39, 0.29) is 6.04 Å². The van der Waals surface area contributed by atoms with Crippen LogP contribution >= 0.6 is 0 Å². The first-order valence-corrected chi connectivity index (χ1v) is 6.84. The van der Waals surface area contributed by atoms with Gasteiger partial charge in [-0.05, 0) is 24.6 Å². The molecule has 0 fully saturated rings. The quantitative estimate of drug-likeness (QED) is 0.849. The Hall–Kier alpha value is -1.75. The van der Waals surface area contributed by atoms with E-state index in [9.17, 15) is 13.2 Å². The maximum absolute atomic E-state index is 12.8. The highest BCUT2D eigenvalue weighted by Gasteiger charge is 2.33. The van der Waals surface area contributed by atoms with Crippen LogP contribution in [0.5, 0.6) is 0 Å². The van der Waals surface area contributed by atoms with Gasteiger partial charge in [0.15, 0.2) is 0 Å². The highest BCUT2D eigenvalue weighted by Crippen LogP contribution is 2.30. The van der Waals surface area contributed by atoms with Crippen molar-refractivity contribution in [1.29, 1.82) is 0 Å². The highest BCUT2D eigenvalue weighted by molar-refractivity contribution is 5.19. The fourth-order valence-corrected chi connectivity index (χ4v) is 2.32. The lowest BCUT2D eigenvalue weighted by Gasteiger charge is -2.24. The van der Waals surface area contributed by atoms with Gasteiger partial charge in [-0.1, -0.05) is 30.3 Å². The number of nitrogens with one attached hydrogen (secondary N) is 1. The topological polar surface area (TPSA) is 25.2 Å². The summed E-state index contributed by atoms with van der Waals surface area (Å²) in [4.78, 5) is 0. The lowest BCUT2D eigenvalue weighted by Crippen LogP contribution is -2.34. The first-order chi connectivity index (χ1) is 9.94. The smallest absolute Gasteiger partial charge is 0.390 e. The Kier molecular flexibility index (Phi) is 5.07. The lowest BCUT2D eigenvalue weighted by molar-refractivity contribution is -0.140. The molecule has 21 heavy (non-hydrogen) atoms. The van der Waals surface area contributed by atoms with E-state index in [2.05, 4.69) is 5.32 Å². The fourth-order valence-electron chi connectivity index (χ4n) is 2.32. The second-order valence-electron chi connectivity index (χ2n) is 5.13. The van der Waals surface area contributed by atoms with Gasteiger partial charge in [-0.2, -0.15) is 13.2 Å². The number of furan rings is 1. The number of benzene rings is 1. The number of hydrogen-bond donors (Lipinski definition) is 1. The average molecular weight is 297 g/mol. The van der Waals surface area contributed by atoms with E-state index in [1.54, 1.807) is 42.7 Å². The molecule has 0 radical (unpaired) electrons. The molecule has 0 aliphatic carbocycles. The summed E-state index contributed by atoms with van der Waals surface area (Å²) in [5, 5.41) is 3.05. The summed E-state index contributed by atoms with van der Waals surface area (Å²) in [5.74, 6) is 0.758. The molecule has 2 unspecified atom stereocenters. The second kappa shape index (κ2) is 6.80. The Bertz CT molecular complexity index is 522. The molecule has 114 valence electrons. The van der Waals surface area contributed by atoms with Crippen molar-refractivity contribution in [3.63, 3.8) is 0 Å². The molecule has 0 amide bonds. The zero-order valence-corrected chi connectivity index (χ0v) is 11.7. The Morgan fingerprint density at radius 1 is 1.10 bits per heavy atom. The van der Waals surface area contributed by atoms with Crippen molar-refractivity contribution < 1.29 is 17.6 Å². The predicted molar refractivity (Wildman–Crippen MR) is 74.9 cm³/mol. The molecule has 1 aromatic heterocycles. The van der Waals surface area contributed by atoms with Crippen LogP contribution in [-0.2, 0) is 6.42 Å². The third-order valence-corrected chi connectivity index (χ3v) is 3.21.